The van der Waals surface area contributed by atoms with Crippen LogP contribution >= 0.6 is 0 Å². The summed E-state index contributed by atoms with van der Waals surface area (Å²) < 4.78 is 63.7. The van der Waals surface area contributed by atoms with Gasteiger partial charge in [-0.3, -0.25) is 0 Å². The Balaban J connectivity index is 1.40. The number of hydrogen-bond donors (Lipinski definition) is 0. The van der Waals surface area contributed by atoms with Gasteiger partial charge in [-0.15, -0.1) is 0 Å². The summed E-state index contributed by atoms with van der Waals surface area (Å²) in [6.45, 7) is 3.90. The number of allylic oxidation sites excluding steroid dienone is 3. The molecule has 0 amide bonds. The molecule has 36 heavy (non-hydrogen) atoms. The normalized spacial score (nSPS) is 15.8. The van der Waals surface area contributed by atoms with Crippen molar-refractivity contribution in [1.29, 1.82) is 0 Å². The van der Waals surface area contributed by atoms with Gasteiger partial charge in [0, 0.05) is 11.1 Å². The molecule has 1 unspecified atom stereocenters. The van der Waals surface area contributed by atoms with Crippen molar-refractivity contribution in [3.63, 3.8) is 0 Å². The van der Waals surface area contributed by atoms with Crippen molar-refractivity contribution in [2.45, 2.75) is 46.0 Å². The van der Waals surface area contributed by atoms with E-state index in [2.05, 4.69) is 0 Å². The van der Waals surface area contributed by atoms with E-state index in [4.69, 9.17) is 4.74 Å². The number of hydrogen-bond acceptors (Lipinski definition) is 1. The fraction of sp³-hybridized carbons (Fsp3) is 0.290. The molecule has 0 saturated heterocycles. The zero-order valence-electron chi connectivity index (χ0n) is 20.6. The first-order valence-electron chi connectivity index (χ1n) is 12.4. The molecule has 1 aliphatic rings. The van der Waals surface area contributed by atoms with Gasteiger partial charge in [-0.05, 0) is 86.3 Å². The SMILES string of the molecule is C/C=C/c1ccc(-c2ccc(CCC3CC=C(c4ccc(OCC)c(F)c4F)CC3)c(F)c2F)cc1. The largest absolute Gasteiger partial charge is 0.491 e. The highest BCUT2D eigenvalue weighted by Crippen LogP contribution is 2.36. The van der Waals surface area contributed by atoms with Crippen LogP contribution in [0.2, 0.25) is 0 Å². The molecule has 4 rings (SSSR count). The standard InChI is InChI=1S/C31H30F4O/c1-3-5-20-6-11-22(12-7-20)25-17-16-24(28(32)29(25)33)15-10-21-8-13-23(14-9-21)26-18-19-27(36-4-2)31(35)30(26)34/h3,5-7,11-13,16-19,21H,4,8-10,14-15H2,1-2H3/b5-3+. The molecule has 1 atom stereocenters. The van der Waals surface area contributed by atoms with Gasteiger partial charge in [0.15, 0.2) is 23.2 Å². The van der Waals surface area contributed by atoms with E-state index in [1.807, 2.05) is 37.3 Å². The molecule has 188 valence electrons. The molecule has 0 saturated carbocycles. The van der Waals surface area contributed by atoms with Crippen LogP contribution in [0.25, 0.3) is 22.8 Å². The predicted molar refractivity (Wildman–Crippen MR) is 138 cm³/mol. The van der Waals surface area contributed by atoms with E-state index in [1.54, 1.807) is 37.3 Å². The van der Waals surface area contributed by atoms with Crippen LogP contribution in [0.4, 0.5) is 17.6 Å². The van der Waals surface area contributed by atoms with Gasteiger partial charge in [0.1, 0.15) is 0 Å². The van der Waals surface area contributed by atoms with Gasteiger partial charge >= 0.3 is 0 Å². The second kappa shape index (κ2) is 11.6. The monoisotopic (exact) mass is 494 g/mol. The summed E-state index contributed by atoms with van der Waals surface area (Å²) in [6, 6.07) is 13.6. The van der Waals surface area contributed by atoms with E-state index < -0.39 is 23.3 Å². The van der Waals surface area contributed by atoms with Gasteiger partial charge in [-0.1, -0.05) is 54.6 Å². The fourth-order valence-corrected chi connectivity index (χ4v) is 4.77. The number of rotatable bonds is 8. The van der Waals surface area contributed by atoms with Gasteiger partial charge < -0.3 is 4.74 Å². The molecular formula is C31H30F4O. The first kappa shape index (κ1) is 25.7. The lowest BCUT2D eigenvalue weighted by atomic mass is 9.83. The molecule has 0 N–H and O–H groups in total. The van der Waals surface area contributed by atoms with Crippen molar-refractivity contribution in [3.8, 4) is 16.9 Å². The average molecular weight is 495 g/mol. The smallest absolute Gasteiger partial charge is 0.201 e. The topological polar surface area (TPSA) is 9.23 Å². The first-order chi connectivity index (χ1) is 17.4. The molecule has 0 aliphatic heterocycles. The third-order valence-electron chi connectivity index (χ3n) is 6.78. The van der Waals surface area contributed by atoms with E-state index >= 15 is 0 Å². The van der Waals surface area contributed by atoms with Crippen molar-refractivity contribution in [2.75, 3.05) is 6.61 Å². The molecule has 1 aliphatic carbocycles. The van der Waals surface area contributed by atoms with Crippen LogP contribution in [0, 0.1) is 29.2 Å². The summed E-state index contributed by atoms with van der Waals surface area (Å²) in [5.74, 6) is -3.30. The van der Waals surface area contributed by atoms with Gasteiger partial charge in [-0.25, -0.2) is 13.2 Å². The molecule has 0 fully saturated rings. The molecule has 0 radical (unpaired) electrons. The van der Waals surface area contributed by atoms with Crippen molar-refractivity contribution in [3.05, 3.63) is 101 Å². The summed E-state index contributed by atoms with van der Waals surface area (Å²) in [5.41, 5.74) is 3.27. The fourth-order valence-electron chi connectivity index (χ4n) is 4.77. The second-order valence-corrected chi connectivity index (χ2v) is 9.10. The second-order valence-electron chi connectivity index (χ2n) is 9.10. The summed E-state index contributed by atoms with van der Waals surface area (Å²) in [6.07, 6.45) is 8.98. The lowest BCUT2D eigenvalue weighted by molar-refractivity contribution is 0.314. The summed E-state index contributed by atoms with van der Waals surface area (Å²) in [5, 5.41) is 0. The number of ether oxygens (including phenoxy) is 1. The van der Waals surface area contributed by atoms with E-state index in [0.29, 0.717) is 36.8 Å². The van der Waals surface area contributed by atoms with Crippen LogP contribution in [0.15, 0.2) is 60.7 Å². The van der Waals surface area contributed by atoms with Crippen LogP contribution in [0.5, 0.6) is 5.75 Å². The summed E-state index contributed by atoms with van der Waals surface area (Å²) >= 11 is 0. The van der Waals surface area contributed by atoms with Gasteiger partial charge in [0.05, 0.1) is 6.61 Å². The Morgan fingerprint density at radius 1 is 0.861 bits per heavy atom. The van der Waals surface area contributed by atoms with Crippen molar-refractivity contribution >= 4 is 11.6 Å². The molecule has 1 nitrogen and oxygen atoms in total. The minimum Gasteiger partial charge on any atom is -0.491 e. The molecule has 5 heteroatoms. The lowest BCUT2D eigenvalue weighted by Crippen LogP contribution is -2.09. The minimum absolute atomic E-state index is 0.0843. The van der Waals surface area contributed by atoms with E-state index in [1.165, 1.54) is 6.07 Å². The minimum atomic E-state index is -0.966. The molecule has 0 heterocycles. The maximum Gasteiger partial charge on any atom is 0.201 e. The first-order valence-corrected chi connectivity index (χ1v) is 12.4. The molecule has 0 aromatic heterocycles. The maximum atomic E-state index is 14.9. The summed E-state index contributed by atoms with van der Waals surface area (Å²) in [4.78, 5) is 0. The number of benzene rings is 3. The van der Waals surface area contributed by atoms with Crippen LogP contribution in [-0.2, 0) is 6.42 Å². The molecular weight excluding hydrogens is 464 g/mol. The third kappa shape index (κ3) is 5.56. The van der Waals surface area contributed by atoms with Crippen LogP contribution in [0.1, 0.15) is 56.2 Å². The maximum absolute atomic E-state index is 14.9. The van der Waals surface area contributed by atoms with Crippen molar-refractivity contribution in [1.82, 2.24) is 0 Å². The highest BCUT2D eigenvalue weighted by Gasteiger charge is 2.22. The van der Waals surface area contributed by atoms with E-state index in [9.17, 15) is 17.6 Å². The third-order valence-corrected chi connectivity index (χ3v) is 6.78. The van der Waals surface area contributed by atoms with E-state index in [-0.39, 0.29) is 29.4 Å². The van der Waals surface area contributed by atoms with Crippen molar-refractivity contribution < 1.29 is 22.3 Å². The predicted octanol–water partition coefficient (Wildman–Crippen LogP) is 9.16. The molecule has 3 aromatic rings. The van der Waals surface area contributed by atoms with Crippen LogP contribution in [-0.4, -0.2) is 6.61 Å². The van der Waals surface area contributed by atoms with Gasteiger partial charge in [-0.2, -0.15) is 4.39 Å². The molecule has 0 bridgehead atoms. The zero-order chi connectivity index (χ0) is 25.7. The van der Waals surface area contributed by atoms with Crippen molar-refractivity contribution in [2.24, 2.45) is 5.92 Å². The number of aryl methyl sites for hydroxylation is 1. The lowest BCUT2D eigenvalue weighted by Gasteiger charge is -2.23. The van der Waals surface area contributed by atoms with Crippen LogP contribution in [0.3, 0.4) is 0 Å². The van der Waals surface area contributed by atoms with E-state index in [0.717, 1.165) is 17.6 Å². The molecule has 0 spiro atoms. The quantitative estimate of drug-likeness (QED) is 0.284. The Morgan fingerprint density at radius 2 is 1.58 bits per heavy atom. The Morgan fingerprint density at radius 3 is 2.25 bits per heavy atom. The highest BCUT2D eigenvalue weighted by atomic mass is 19.2. The van der Waals surface area contributed by atoms with Gasteiger partial charge in [0.25, 0.3) is 0 Å². The Labute approximate surface area is 210 Å². The summed E-state index contributed by atoms with van der Waals surface area (Å²) in [7, 11) is 0. The Kier molecular flexibility index (Phi) is 8.29. The number of halogens is 4. The molecule has 3 aromatic carbocycles. The van der Waals surface area contributed by atoms with Gasteiger partial charge in [0.2, 0.25) is 5.82 Å². The average Bonchev–Trinajstić information content (AvgIpc) is 2.89. The zero-order valence-corrected chi connectivity index (χ0v) is 20.6. The highest BCUT2D eigenvalue weighted by molar-refractivity contribution is 5.68. The Bertz CT molecular complexity index is 1270. The van der Waals surface area contributed by atoms with Crippen LogP contribution < -0.4 is 4.74 Å². The Hall–Kier alpha value is -3.34.